The molecule has 0 saturated carbocycles. The second kappa shape index (κ2) is 31.6. The Hall–Kier alpha value is -13.0. The Balaban J connectivity index is 1.11. The molecule has 0 nitrogen and oxygen atoms in total. The van der Waals surface area contributed by atoms with Gasteiger partial charge in [0.1, 0.15) is 0 Å². The zero-order valence-electron chi connectivity index (χ0n) is 75.7. The number of hydrogen-bond donors (Lipinski definition) is 0. The van der Waals surface area contributed by atoms with E-state index in [1.54, 1.807) is 0 Å². The number of rotatable bonds is 6. The summed E-state index contributed by atoms with van der Waals surface area (Å²) in [5.74, 6) is 50.3. The maximum atomic E-state index is 4.23. The Morgan fingerprint density at radius 3 is 0.254 bits per heavy atom. The van der Waals surface area contributed by atoms with Crippen LogP contribution in [-0.4, -0.2) is 48.4 Å². The highest BCUT2D eigenvalue weighted by atomic mass is 28.3. The van der Waals surface area contributed by atoms with Crippen LogP contribution in [0.5, 0.6) is 0 Å². The first-order valence-electron chi connectivity index (χ1n) is 44.4. The molecule has 0 amide bonds. The summed E-state index contributed by atoms with van der Waals surface area (Å²) in [5, 5.41) is 36.4. The third kappa shape index (κ3) is 14.4. The molecule has 606 valence electrons. The van der Waals surface area contributed by atoms with Gasteiger partial charge in [0, 0.05) is 33.4 Å². The van der Waals surface area contributed by atoms with E-state index >= 15 is 0 Å². The molecule has 0 aliphatic heterocycles. The predicted octanol–water partition coefficient (Wildman–Crippen LogP) is 27.2. The van der Waals surface area contributed by atoms with Gasteiger partial charge in [-0.05, 0) is 160 Å². The first-order valence-corrected chi connectivity index (χ1v) is 65.4. The van der Waals surface area contributed by atoms with Crippen molar-refractivity contribution in [2.45, 2.75) is 118 Å². The van der Waals surface area contributed by atoms with Gasteiger partial charge in [0.05, 0.1) is 81.8 Å². The van der Waals surface area contributed by atoms with Crippen molar-refractivity contribution in [3.05, 3.63) is 358 Å². The summed E-state index contributed by atoms with van der Waals surface area (Å²) in [6.07, 6.45) is 0. The molecule has 0 atom stereocenters. The maximum absolute atomic E-state index is 4.23. The van der Waals surface area contributed by atoms with Crippen LogP contribution < -0.4 is 31.1 Å². The van der Waals surface area contributed by atoms with Crippen LogP contribution in [0, 0.1) is 71.0 Å². The minimum atomic E-state index is -2.07. The Kier molecular flexibility index (Phi) is 20.7. The van der Waals surface area contributed by atoms with Crippen molar-refractivity contribution in [3.8, 4) is 71.0 Å². The fraction of sp³-hybridized carbons (Fsp3) is 0.150. The van der Waals surface area contributed by atoms with Crippen molar-refractivity contribution < 1.29 is 0 Å². The van der Waals surface area contributed by atoms with Crippen LogP contribution in [0.15, 0.2) is 291 Å². The Morgan fingerprint density at radius 2 is 0.175 bits per heavy atom. The second-order valence-electron chi connectivity index (χ2n) is 40.3. The maximum Gasteiger partial charge on any atom is 0.0792 e. The lowest BCUT2D eigenvalue weighted by atomic mass is 9.85. The van der Waals surface area contributed by atoms with Crippen molar-refractivity contribution in [1.29, 1.82) is 0 Å². The number of hydrogen-bond acceptors (Lipinski definition) is 0. The van der Waals surface area contributed by atoms with Gasteiger partial charge in [-0.25, -0.2) is 0 Å². The summed E-state index contributed by atoms with van der Waals surface area (Å²) in [7, 11) is -12.4. The van der Waals surface area contributed by atoms with Crippen LogP contribution >= 0.6 is 0 Å². The highest BCUT2D eigenvalue weighted by Crippen LogP contribution is 2.40. The summed E-state index contributed by atoms with van der Waals surface area (Å²) >= 11 is 0. The van der Waals surface area contributed by atoms with Crippen LogP contribution in [-0.2, 0) is 0 Å². The first kappa shape index (κ1) is 82.6. The van der Waals surface area contributed by atoms with Crippen LogP contribution in [0.1, 0.15) is 66.8 Å². The van der Waals surface area contributed by atoms with E-state index in [4.69, 9.17) is 0 Å². The second-order valence-corrected chi connectivity index (χ2v) is 70.3. The van der Waals surface area contributed by atoms with E-state index in [0.29, 0.717) is 33.4 Å². The third-order valence-electron chi connectivity index (χ3n) is 25.5. The minimum absolute atomic E-state index is 0.624. The van der Waals surface area contributed by atoms with E-state index in [9.17, 15) is 0 Å². The topological polar surface area (TPSA) is 0 Å². The minimum Gasteiger partial charge on any atom is -0.0656 e. The standard InChI is InChI=1S/C120H102Si6/c1-121(2,3)115-103-55-31-19-43-79(103)91(80-44-20-32-56-104(80)115)67-73-97-98(74-68-92-81-45-21-33-57-105(81)116(122(4,5)6)106-58-34-22-46-82(92)106)100(76-70-94-85-49-25-37-61-109(85)118(124(10,11)12)110-62-38-26-50-86(94)110)102(78-72-96-89-53-29-41-65-113(89)120(126(16,17)18)114-66-42-30-54-90(96)114)101(77-71-95-87-51-27-39-63-111(87)119(125(13,14)15)112-64-40-28-52-88(95)112)99(97)75-69-93-83-47-23-35-59-107(83)117(123(7,8)9)108-60-36-24-48-84(93)108/h19-66H,1-18H3. The van der Waals surface area contributed by atoms with Gasteiger partial charge in [-0.15, -0.1) is 0 Å². The van der Waals surface area contributed by atoms with Crippen LogP contribution in [0.2, 0.25) is 118 Å². The molecule has 0 unspecified atom stereocenters. The summed E-state index contributed by atoms with van der Waals surface area (Å²) in [5.41, 5.74) is 9.35. The van der Waals surface area contributed by atoms with Gasteiger partial charge in [-0.1, -0.05) is 480 Å². The highest BCUT2D eigenvalue weighted by molar-refractivity contribution is 6.95. The quantitative estimate of drug-likeness (QED) is 0.0884. The lowest BCUT2D eigenvalue weighted by Crippen LogP contribution is -2.39. The molecule has 0 N–H and O–H groups in total. The van der Waals surface area contributed by atoms with Gasteiger partial charge in [-0.3, -0.25) is 0 Å². The van der Waals surface area contributed by atoms with Crippen LogP contribution in [0.4, 0.5) is 0 Å². The van der Waals surface area contributed by atoms with E-state index in [0.717, 1.165) is 98.0 Å². The van der Waals surface area contributed by atoms with Gasteiger partial charge in [0.2, 0.25) is 0 Å². The SMILES string of the molecule is C[Si](C)(C)c1c2ccccc2c(C#Cc2c(C#Cc3c4ccccc4c([Si](C)(C)C)c4ccccc34)c(C#Cc3c4ccccc4c([Si](C)(C)C)c4ccccc34)c(C#Cc3c4ccccc4c([Si](C)(C)C)c4ccccc34)c(C#Cc3c4ccccc4c([Si](C)(C)C)c4ccccc34)c2C#Cc2c3ccccc3c([Si](C)(C)C)c3ccccc23)c2ccccc12. The Bertz CT molecular complexity index is 6730. The summed E-state index contributed by atoms with van der Waals surface area (Å²) in [6, 6.07) is 108. The fourth-order valence-corrected chi connectivity index (χ4v) is 33.0. The predicted molar refractivity (Wildman–Crippen MR) is 569 cm³/mol. The summed E-state index contributed by atoms with van der Waals surface area (Å²) in [6.45, 7) is 44.5. The normalized spacial score (nSPS) is 12.1. The van der Waals surface area contributed by atoms with Crippen molar-refractivity contribution in [2.24, 2.45) is 0 Å². The van der Waals surface area contributed by atoms with Gasteiger partial charge < -0.3 is 0 Å². The Morgan fingerprint density at radius 1 is 0.103 bits per heavy atom. The molecule has 19 aromatic carbocycles. The average molecular weight is 1710 g/mol. The molecule has 0 bridgehead atoms. The lowest BCUT2D eigenvalue weighted by Gasteiger charge is -2.23. The molecule has 0 aliphatic rings. The molecule has 0 aromatic heterocycles. The molecule has 6 heteroatoms. The monoisotopic (exact) mass is 1710 g/mol. The fourth-order valence-electron chi connectivity index (χ4n) is 20.7. The van der Waals surface area contributed by atoms with Crippen molar-refractivity contribution >= 4 is 209 Å². The smallest absolute Gasteiger partial charge is 0.0656 e. The molecule has 126 heavy (non-hydrogen) atoms. The molecule has 19 rings (SSSR count). The molecule has 0 spiro atoms. The third-order valence-corrected chi connectivity index (χ3v) is 37.7. The first-order chi connectivity index (χ1) is 60.4. The molecule has 0 fully saturated rings. The number of benzene rings is 19. The Labute approximate surface area is 749 Å². The number of fused-ring (bicyclic) bond motifs is 12. The van der Waals surface area contributed by atoms with Gasteiger partial charge in [0.25, 0.3) is 0 Å². The van der Waals surface area contributed by atoms with E-state index < -0.39 is 48.4 Å². The van der Waals surface area contributed by atoms with E-state index in [1.165, 1.54) is 95.8 Å². The molecule has 0 saturated heterocycles. The van der Waals surface area contributed by atoms with Gasteiger partial charge in [-0.2, -0.15) is 0 Å². The van der Waals surface area contributed by atoms with E-state index in [2.05, 4.69) is 480 Å². The van der Waals surface area contributed by atoms with Crippen LogP contribution in [0.25, 0.3) is 129 Å². The van der Waals surface area contributed by atoms with Gasteiger partial charge >= 0.3 is 0 Å². The molecule has 0 radical (unpaired) electrons. The highest BCUT2D eigenvalue weighted by Gasteiger charge is 2.33. The zero-order chi connectivity index (χ0) is 87.7. The van der Waals surface area contributed by atoms with Crippen molar-refractivity contribution in [3.63, 3.8) is 0 Å². The molecule has 19 aromatic rings. The molecule has 0 aliphatic carbocycles. The van der Waals surface area contributed by atoms with Gasteiger partial charge in [0.15, 0.2) is 0 Å². The van der Waals surface area contributed by atoms with E-state index in [-0.39, 0.29) is 0 Å². The molecular weight excluding hydrogens is 1610 g/mol. The van der Waals surface area contributed by atoms with Crippen LogP contribution in [0.3, 0.4) is 0 Å². The summed E-state index contributed by atoms with van der Waals surface area (Å²) in [4.78, 5) is 0. The lowest BCUT2D eigenvalue weighted by molar-refractivity contribution is 1.44. The molecule has 0 heterocycles. The van der Waals surface area contributed by atoms with Crippen molar-refractivity contribution in [1.82, 2.24) is 0 Å². The average Bonchev–Trinajstić information content (AvgIpc) is 0.735. The van der Waals surface area contributed by atoms with E-state index in [1.807, 2.05) is 0 Å². The van der Waals surface area contributed by atoms with Crippen molar-refractivity contribution in [2.75, 3.05) is 0 Å². The summed E-state index contributed by atoms with van der Waals surface area (Å²) < 4.78 is 0. The molecular formula is C120H102Si6. The zero-order valence-corrected chi connectivity index (χ0v) is 81.7. The largest absolute Gasteiger partial charge is 0.0792 e.